The number of hydrogen-bond donors (Lipinski definition) is 2. The Morgan fingerprint density at radius 3 is 2.61 bits per heavy atom. The normalized spacial score (nSPS) is 16.0. The minimum atomic E-state index is 0. The van der Waals surface area contributed by atoms with E-state index in [1.54, 1.807) is 7.05 Å². The highest BCUT2D eigenvalue weighted by Crippen LogP contribution is 2.20. The summed E-state index contributed by atoms with van der Waals surface area (Å²) in [4.78, 5) is 18.1. The maximum atomic E-state index is 11.5. The summed E-state index contributed by atoms with van der Waals surface area (Å²) in [5.74, 6) is 1.58. The van der Waals surface area contributed by atoms with E-state index in [4.69, 9.17) is 0 Å². The summed E-state index contributed by atoms with van der Waals surface area (Å²) in [5, 5.41) is 6.13. The highest BCUT2D eigenvalue weighted by Gasteiger charge is 2.23. The van der Waals surface area contributed by atoms with Crippen LogP contribution in [0.4, 0.5) is 0 Å². The number of rotatable bonds is 4. The van der Waals surface area contributed by atoms with Crippen LogP contribution in [0.2, 0.25) is 0 Å². The predicted molar refractivity (Wildman–Crippen MR) is 104 cm³/mol. The van der Waals surface area contributed by atoms with Crippen molar-refractivity contribution in [2.45, 2.75) is 25.8 Å². The van der Waals surface area contributed by atoms with E-state index < -0.39 is 0 Å². The molecule has 0 bridgehead atoms. The number of amides is 1. The van der Waals surface area contributed by atoms with Gasteiger partial charge in [-0.1, -0.05) is 0 Å². The zero-order chi connectivity index (χ0) is 15.9. The Kier molecular flexibility index (Phi) is 8.43. The highest BCUT2D eigenvalue weighted by atomic mass is 127. The van der Waals surface area contributed by atoms with Gasteiger partial charge in [0.2, 0.25) is 5.91 Å². The van der Waals surface area contributed by atoms with Gasteiger partial charge in [-0.3, -0.25) is 9.79 Å². The smallest absolute Gasteiger partial charge is 0.220 e. The predicted octanol–water partition coefficient (Wildman–Crippen LogP) is 1.57. The van der Waals surface area contributed by atoms with Crippen molar-refractivity contribution in [2.75, 3.05) is 27.2 Å². The number of aromatic nitrogens is 1. The molecule has 0 spiro atoms. The van der Waals surface area contributed by atoms with Crippen LogP contribution < -0.4 is 10.6 Å². The summed E-state index contributed by atoms with van der Waals surface area (Å²) in [7, 11) is 5.57. The number of likely N-dealkylation sites (tertiary alicyclic amines) is 1. The zero-order valence-electron chi connectivity index (χ0n) is 14.2. The molecule has 1 fully saturated rings. The van der Waals surface area contributed by atoms with Crippen molar-refractivity contribution in [1.29, 1.82) is 0 Å². The van der Waals surface area contributed by atoms with Crippen LogP contribution in [0.1, 0.15) is 25.0 Å². The van der Waals surface area contributed by atoms with Crippen molar-refractivity contribution in [3.63, 3.8) is 0 Å². The minimum Gasteiger partial charge on any atom is -0.359 e. The molecule has 130 valence electrons. The van der Waals surface area contributed by atoms with E-state index in [0.717, 1.165) is 38.4 Å². The molecular weight excluding hydrogens is 405 g/mol. The second kappa shape index (κ2) is 9.79. The molecule has 23 heavy (non-hydrogen) atoms. The molecule has 1 aliphatic heterocycles. The molecule has 1 amide bonds. The van der Waals surface area contributed by atoms with Crippen LogP contribution in [0, 0.1) is 5.92 Å². The first-order valence-corrected chi connectivity index (χ1v) is 7.90. The first-order valence-electron chi connectivity index (χ1n) is 7.90. The fraction of sp³-hybridized carbons (Fsp3) is 0.625. The number of nitrogens with one attached hydrogen (secondary N) is 2. The Morgan fingerprint density at radius 1 is 1.39 bits per heavy atom. The topological polar surface area (TPSA) is 61.7 Å². The number of aliphatic imine (C=N–C) groups is 1. The lowest BCUT2D eigenvalue weighted by molar-refractivity contribution is -0.121. The van der Waals surface area contributed by atoms with Gasteiger partial charge >= 0.3 is 0 Å². The molecule has 1 saturated heterocycles. The number of piperidine rings is 1. The Labute approximate surface area is 155 Å². The van der Waals surface area contributed by atoms with Gasteiger partial charge in [0.15, 0.2) is 5.96 Å². The van der Waals surface area contributed by atoms with Crippen molar-refractivity contribution >= 4 is 35.8 Å². The first kappa shape index (κ1) is 19.8. The SMILES string of the molecule is CN=C(NCc1cccn1C)N1CCC(CC(=O)NC)CC1.I. The minimum absolute atomic E-state index is 0. The number of guanidine groups is 1. The monoisotopic (exact) mass is 433 g/mol. The number of hydrogen-bond acceptors (Lipinski definition) is 2. The number of carbonyl (C=O) groups is 1. The van der Waals surface area contributed by atoms with Gasteiger partial charge in [-0.05, 0) is 30.9 Å². The lowest BCUT2D eigenvalue weighted by atomic mass is 9.93. The molecule has 0 aliphatic carbocycles. The van der Waals surface area contributed by atoms with E-state index in [2.05, 4.69) is 31.2 Å². The Hall–Kier alpha value is -1.25. The quantitative estimate of drug-likeness (QED) is 0.431. The van der Waals surface area contributed by atoms with E-state index in [-0.39, 0.29) is 29.9 Å². The van der Waals surface area contributed by atoms with Crippen molar-refractivity contribution < 1.29 is 4.79 Å². The van der Waals surface area contributed by atoms with Crippen molar-refractivity contribution in [3.8, 4) is 0 Å². The maximum absolute atomic E-state index is 11.5. The second-order valence-electron chi connectivity index (χ2n) is 5.82. The molecule has 0 aromatic carbocycles. The highest BCUT2D eigenvalue weighted by molar-refractivity contribution is 14.0. The van der Waals surface area contributed by atoms with Crippen molar-refractivity contribution in [1.82, 2.24) is 20.1 Å². The lowest BCUT2D eigenvalue weighted by Crippen LogP contribution is -2.45. The average Bonchev–Trinajstić information content (AvgIpc) is 2.94. The van der Waals surface area contributed by atoms with Crippen LogP contribution in [0.15, 0.2) is 23.3 Å². The largest absolute Gasteiger partial charge is 0.359 e. The molecule has 2 rings (SSSR count). The average molecular weight is 433 g/mol. The zero-order valence-corrected chi connectivity index (χ0v) is 16.5. The fourth-order valence-corrected chi connectivity index (χ4v) is 2.90. The van der Waals surface area contributed by atoms with Gasteiger partial charge in [0, 0.05) is 52.5 Å². The third kappa shape index (κ3) is 5.71. The number of halogens is 1. The van der Waals surface area contributed by atoms with Crippen LogP contribution in [-0.2, 0) is 18.4 Å². The molecule has 2 heterocycles. The molecule has 0 radical (unpaired) electrons. The van der Waals surface area contributed by atoms with Gasteiger partial charge < -0.3 is 20.1 Å². The van der Waals surface area contributed by atoms with E-state index >= 15 is 0 Å². The third-order valence-corrected chi connectivity index (χ3v) is 4.36. The molecule has 0 saturated carbocycles. The summed E-state index contributed by atoms with van der Waals surface area (Å²) in [6.07, 6.45) is 4.76. The van der Waals surface area contributed by atoms with Crippen LogP contribution in [0.3, 0.4) is 0 Å². The van der Waals surface area contributed by atoms with Gasteiger partial charge in [0.1, 0.15) is 0 Å². The number of carbonyl (C=O) groups excluding carboxylic acids is 1. The fourth-order valence-electron chi connectivity index (χ4n) is 2.90. The summed E-state index contributed by atoms with van der Waals surface area (Å²) in [6, 6.07) is 4.15. The second-order valence-corrected chi connectivity index (χ2v) is 5.82. The Morgan fingerprint density at radius 2 is 2.09 bits per heavy atom. The van der Waals surface area contributed by atoms with Crippen LogP contribution in [0.25, 0.3) is 0 Å². The van der Waals surface area contributed by atoms with Crippen LogP contribution >= 0.6 is 24.0 Å². The van der Waals surface area contributed by atoms with Crippen molar-refractivity contribution in [3.05, 3.63) is 24.0 Å². The summed E-state index contributed by atoms with van der Waals surface area (Å²) >= 11 is 0. The molecular formula is C16H28IN5O. The summed E-state index contributed by atoms with van der Waals surface area (Å²) in [5.41, 5.74) is 1.23. The van der Waals surface area contributed by atoms with Gasteiger partial charge in [0.05, 0.1) is 6.54 Å². The molecule has 7 heteroatoms. The number of nitrogens with zero attached hydrogens (tertiary/aromatic N) is 3. The molecule has 1 aromatic rings. The third-order valence-electron chi connectivity index (χ3n) is 4.36. The number of aryl methyl sites for hydroxylation is 1. The first-order chi connectivity index (χ1) is 10.6. The van der Waals surface area contributed by atoms with E-state index in [0.29, 0.717) is 12.3 Å². The molecule has 1 aromatic heterocycles. The van der Waals surface area contributed by atoms with Crippen molar-refractivity contribution in [2.24, 2.45) is 18.0 Å². The van der Waals surface area contributed by atoms with Crippen LogP contribution in [0.5, 0.6) is 0 Å². The lowest BCUT2D eigenvalue weighted by Gasteiger charge is -2.34. The molecule has 2 N–H and O–H groups in total. The molecule has 6 nitrogen and oxygen atoms in total. The molecule has 1 aliphatic rings. The van der Waals surface area contributed by atoms with Gasteiger partial charge in [-0.25, -0.2) is 0 Å². The van der Waals surface area contributed by atoms with E-state index in [1.807, 2.05) is 26.4 Å². The molecule has 0 atom stereocenters. The van der Waals surface area contributed by atoms with Gasteiger partial charge in [-0.15, -0.1) is 24.0 Å². The summed E-state index contributed by atoms with van der Waals surface area (Å²) in [6.45, 7) is 2.68. The summed E-state index contributed by atoms with van der Waals surface area (Å²) < 4.78 is 2.11. The maximum Gasteiger partial charge on any atom is 0.220 e. The van der Waals surface area contributed by atoms with Gasteiger partial charge in [0.25, 0.3) is 0 Å². The van der Waals surface area contributed by atoms with E-state index in [9.17, 15) is 4.79 Å². The van der Waals surface area contributed by atoms with E-state index in [1.165, 1.54) is 5.69 Å². The Balaban J connectivity index is 0.00000264. The van der Waals surface area contributed by atoms with Gasteiger partial charge in [-0.2, -0.15) is 0 Å². The Bertz CT molecular complexity index is 520. The van der Waals surface area contributed by atoms with Crippen LogP contribution in [-0.4, -0.2) is 48.5 Å². The standard InChI is InChI=1S/C16H27N5O.HI/c1-17-15(22)11-13-6-9-21(10-7-13)16(18-2)19-12-14-5-4-8-20(14)3;/h4-5,8,13H,6-7,9-12H2,1-3H3,(H,17,22)(H,18,19);1H. The molecule has 0 unspecified atom stereocenters.